The Morgan fingerprint density at radius 3 is 1.48 bits per heavy atom. The van der Waals surface area contributed by atoms with E-state index in [1.54, 1.807) is 20.8 Å². The van der Waals surface area contributed by atoms with E-state index >= 15 is 0 Å². The second kappa shape index (κ2) is 13.7. The second-order valence-electron chi connectivity index (χ2n) is 7.73. The van der Waals surface area contributed by atoms with Crippen molar-refractivity contribution < 1.29 is 33.4 Å². The summed E-state index contributed by atoms with van der Waals surface area (Å²) in [6.07, 6.45) is 1.77. The summed E-state index contributed by atoms with van der Waals surface area (Å²) in [5.41, 5.74) is -0.868. The van der Waals surface area contributed by atoms with E-state index in [0.29, 0.717) is 12.8 Å². The van der Waals surface area contributed by atoms with Crippen LogP contribution < -0.4 is 0 Å². The van der Waals surface area contributed by atoms with E-state index in [4.69, 9.17) is 9.47 Å². The highest BCUT2D eigenvalue weighted by Crippen LogP contribution is 2.10. The average Bonchev–Trinajstić information content (AvgIpc) is 2.49. The van der Waals surface area contributed by atoms with Crippen LogP contribution in [0.25, 0.3) is 0 Å². The molecule has 158 valence electrons. The zero-order chi connectivity index (χ0) is 21.7. The number of carbonyl (C=O) groups is 4. The van der Waals surface area contributed by atoms with Gasteiger partial charge in [0.2, 0.25) is 5.78 Å². The van der Waals surface area contributed by atoms with Crippen molar-refractivity contribution in [1.82, 2.24) is 0 Å². The quantitative estimate of drug-likeness (QED) is 0.239. The van der Waals surface area contributed by atoms with Gasteiger partial charge >= 0.3 is 17.9 Å². The highest BCUT2D eigenvalue weighted by atomic mass is 79.9. The predicted molar refractivity (Wildman–Crippen MR) is 106 cm³/mol. The lowest BCUT2D eigenvalue weighted by molar-refractivity contribution is -0.156. The number of halogens is 1. The lowest BCUT2D eigenvalue weighted by Crippen LogP contribution is -2.24. The number of hydrogen-bond acceptors (Lipinski definition) is 7. The number of methoxy groups -OCH3 is 1. The van der Waals surface area contributed by atoms with Gasteiger partial charge in [0.1, 0.15) is 11.2 Å². The van der Waals surface area contributed by atoms with Gasteiger partial charge in [-0.15, -0.1) is 0 Å². The van der Waals surface area contributed by atoms with Crippen LogP contribution in [-0.4, -0.2) is 47.3 Å². The monoisotopic (exact) mass is 452 g/mol. The molecule has 0 aromatic heterocycles. The van der Waals surface area contributed by atoms with Gasteiger partial charge in [-0.3, -0.25) is 14.4 Å². The molecule has 0 aromatic carbocycles. The average molecular weight is 453 g/mol. The molecule has 0 saturated carbocycles. The van der Waals surface area contributed by atoms with Gasteiger partial charge in [-0.1, -0.05) is 15.9 Å². The van der Waals surface area contributed by atoms with Gasteiger partial charge in [-0.05, 0) is 54.4 Å². The molecule has 0 N–H and O–H groups in total. The highest BCUT2D eigenvalue weighted by Gasteiger charge is 2.18. The Morgan fingerprint density at radius 2 is 1.15 bits per heavy atom. The van der Waals surface area contributed by atoms with Crippen molar-refractivity contribution >= 4 is 39.6 Å². The van der Waals surface area contributed by atoms with Crippen molar-refractivity contribution in [2.24, 2.45) is 0 Å². The summed E-state index contributed by atoms with van der Waals surface area (Å²) in [6, 6.07) is 0. The summed E-state index contributed by atoms with van der Waals surface area (Å²) in [5.74, 6) is -1.97. The van der Waals surface area contributed by atoms with Crippen molar-refractivity contribution in [3.05, 3.63) is 0 Å². The summed E-state index contributed by atoms with van der Waals surface area (Å²) in [5, 5.41) is 0.853. The second-order valence-corrected chi connectivity index (χ2v) is 8.53. The number of ether oxygens (including phenoxy) is 3. The molecule has 0 atom stereocenters. The van der Waals surface area contributed by atoms with Crippen molar-refractivity contribution in [2.75, 3.05) is 12.4 Å². The minimum atomic E-state index is -0.871. The maximum absolute atomic E-state index is 11.2. The Hall–Kier alpha value is -1.44. The fourth-order valence-corrected chi connectivity index (χ4v) is 1.89. The topological polar surface area (TPSA) is 96.0 Å². The van der Waals surface area contributed by atoms with Gasteiger partial charge in [-0.2, -0.15) is 0 Å². The Kier molecular flexibility index (Phi) is 14.1. The molecule has 0 aromatic rings. The van der Waals surface area contributed by atoms with Crippen molar-refractivity contribution in [3.63, 3.8) is 0 Å². The third-order valence-electron chi connectivity index (χ3n) is 2.55. The molecular weight excluding hydrogens is 420 g/mol. The van der Waals surface area contributed by atoms with E-state index in [-0.39, 0.29) is 30.4 Å². The molecule has 27 heavy (non-hydrogen) atoms. The van der Waals surface area contributed by atoms with Crippen LogP contribution in [0.3, 0.4) is 0 Å². The third kappa shape index (κ3) is 20.7. The first-order valence-electron chi connectivity index (χ1n) is 8.82. The van der Waals surface area contributed by atoms with Gasteiger partial charge in [0.15, 0.2) is 0 Å². The van der Waals surface area contributed by atoms with Crippen LogP contribution in [0.4, 0.5) is 0 Å². The molecule has 0 fully saturated rings. The van der Waals surface area contributed by atoms with E-state index in [0.717, 1.165) is 18.9 Å². The molecule has 0 amide bonds. The molecule has 0 radical (unpaired) electrons. The molecule has 7 nitrogen and oxygen atoms in total. The number of alkyl halides is 1. The number of rotatable bonds is 8. The molecule has 0 saturated heterocycles. The van der Waals surface area contributed by atoms with Gasteiger partial charge in [0, 0.05) is 24.6 Å². The van der Waals surface area contributed by atoms with Crippen LogP contribution in [0.2, 0.25) is 0 Å². The number of hydrogen-bond donors (Lipinski definition) is 0. The van der Waals surface area contributed by atoms with E-state index < -0.39 is 17.4 Å². The first-order chi connectivity index (χ1) is 12.2. The lowest BCUT2D eigenvalue weighted by atomic mass is 10.1. The smallest absolute Gasteiger partial charge is 0.374 e. The summed E-state index contributed by atoms with van der Waals surface area (Å²) in [7, 11) is 1.15. The van der Waals surface area contributed by atoms with Crippen LogP contribution in [-0.2, 0) is 33.4 Å². The first-order valence-corrected chi connectivity index (χ1v) is 9.94. The summed E-state index contributed by atoms with van der Waals surface area (Å²) in [6.45, 7) is 10.9. The van der Waals surface area contributed by atoms with Crippen LogP contribution in [0.5, 0.6) is 0 Å². The minimum absolute atomic E-state index is 0.00587. The summed E-state index contributed by atoms with van der Waals surface area (Å²) in [4.78, 5) is 43.9. The zero-order valence-electron chi connectivity index (χ0n) is 17.5. The van der Waals surface area contributed by atoms with E-state index in [1.165, 1.54) is 0 Å². The summed E-state index contributed by atoms with van der Waals surface area (Å²) < 4.78 is 14.4. The van der Waals surface area contributed by atoms with Gasteiger partial charge in [0.05, 0.1) is 7.11 Å². The van der Waals surface area contributed by atoms with Crippen molar-refractivity contribution in [3.8, 4) is 0 Å². The molecule has 0 aliphatic heterocycles. The Labute approximate surface area is 170 Å². The summed E-state index contributed by atoms with van der Waals surface area (Å²) >= 11 is 3.25. The Balaban J connectivity index is 0. The molecule has 0 unspecified atom stereocenters. The van der Waals surface area contributed by atoms with Crippen molar-refractivity contribution in [1.29, 1.82) is 0 Å². The van der Waals surface area contributed by atoms with Crippen molar-refractivity contribution in [2.45, 2.75) is 84.8 Å². The number of esters is 3. The van der Waals surface area contributed by atoms with Crippen LogP contribution in [0.1, 0.15) is 73.6 Å². The van der Waals surface area contributed by atoms with Crippen LogP contribution in [0.15, 0.2) is 0 Å². The minimum Gasteiger partial charge on any atom is -0.463 e. The largest absolute Gasteiger partial charge is 0.463 e. The standard InChI is InChI=1S/C11H18O5.C8H15BrO2/c1-11(2,3)16-9(13)7-5-6-8(12)10(14)15-4;1-8(2,3)11-7(10)5-4-6-9/h5-7H2,1-4H3;4-6H2,1-3H3. The van der Waals surface area contributed by atoms with Crippen LogP contribution >= 0.6 is 15.9 Å². The zero-order valence-corrected chi connectivity index (χ0v) is 19.1. The number of ketones is 1. The van der Waals surface area contributed by atoms with Gasteiger partial charge in [-0.25, -0.2) is 4.79 Å². The fraction of sp³-hybridized carbons (Fsp3) is 0.789. The molecule has 0 aliphatic rings. The van der Waals surface area contributed by atoms with Gasteiger partial charge in [0.25, 0.3) is 0 Å². The molecule has 8 heteroatoms. The van der Waals surface area contributed by atoms with Crippen LogP contribution in [0, 0.1) is 0 Å². The lowest BCUT2D eigenvalue weighted by Gasteiger charge is -2.19. The Bertz CT molecular complexity index is 487. The molecule has 0 spiro atoms. The first kappa shape index (κ1) is 27.8. The van der Waals surface area contributed by atoms with E-state index in [2.05, 4.69) is 20.7 Å². The predicted octanol–water partition coefficient (Wildman–Crippen LogP) is 3.74. The van der Waals surface area contributed by atoms with E-state index in [9.17, 15) is 19.2 Å². The number of carbonyl (C=O) groups excluding carboxylic acids is 4. The number of Topliss-reactive ketones (excluding diaryl/α,β-unsaturated/α-hetero) is 1. The fourth-order valence-electron chi connectivity index (χ4n) is 1.61. The third-order valence-corrected chi connectivity index (χ3v) is 3.11. The molecule has 0 rings (SSSR count). The SMILES string of the molecule is CC(C)(C)OC(=O)CCCBr.COC(=O)C(=O)CCCC(=O)OC(C)(C)C. The Morgan fingerprint density at radius 1 is 0.741 bits per heavy atom. The van der Waals surface area contributed by atoms with E-state index in [1.807, 2.05) is 20.8 Å². The molecular formula is C19H33BrO7. The van der Waals surface area contributed by atoms with Gasteiger partial charge < -0.3 is 14.2 Å². The molecule has 0 bridgehead atoms. The maximum atomic E-state index is 11.2. The highest BCUT2D eigenvalue weighted by molar-refractivity contribution is 9.09. The normalized spacial score (nSPS) is 11.0. The maximum Gasteiger partial charge on any atom is 0.374 e. The molecule has 0 aliphatic carbocycles. The molecule has 0 heterocycles.